The van der Waals surface area contributed by atoms with Crippen LogP contribution in [-0.2, 0) is 11.0 Å². The summed E-state index contributed by atoms with van der Waals surface area (Å²) in [7, 11) is 0. The largest absolute Gasteiger partial charge is 0.417 e. The molecule has 0 fully saturated rings. The number of nitrogens with one attached hydrogen (secondary N) is 2. The zero-order valence-electron chi connectivity index (χ0n) is 11.6. The normalized spacial score (nSPS) is 12.1. The molecule has 112 valence electrons. The minimum absolute atomic E-state index is 0.126. The number of halogens is 3. The molecule has 0 saturated heterocycles. The maximum Gasteiger partial charge on any atom is 0.417 e. The van der Waals surface area contributed by atoms with E-state index in [4.69, 9.17) is 0 Å². The predicted molar refractivity (Wildman–Crippen MR) is 70.2 cm³/mol. The van der Waals surface area contributed by atoms with E-state index in [2.05, 4.69) is 15.6 Å². The summed E-state index contributed by atoms with van der Waals surface area (Å²) in [5.41, 5.74) is -1.48. The number of alkyl halides is 3. The molecule has 1 heterocycles. The molecule has 0 aliphatic rings. The van der Waals surface area contributed by atoms with E-state index in [1.165, 1.54) is 6.07 Å². The highest BCUT2D eigenvalue weighted by Gasteiger charge is 2.31. The van der Waals surface area contributed by atoms with Crippen LogP contribution in [0.5, 0.6) is 0 Å². The van der Waals surface area contributed by atoms with Crippen LogP contribution in [-0.4, -0.2) is 24.0 Å². The molecule has 7 heteroatoms. The van der Waals surface area contributed by atoms with Crippen molar-refractivity contribution in [2.24, 2.45) is 5.41 Å². The van der Waals surface area contributed by atoms with Crippen molar-refractivity contribution in [3.8, 4) is 0 Å². The third kappa shape index (κ3) is 4.40. The van der Waals surface area contributed by atoms with Crippen LogP contribution in [0, 0.1) is 5.41 Å². The minimum Gasteiger partial charge on any atom is -0.369 e. The Labute approximate surface area is 115 Å². The summed E-state index contributed by atoms with van der Waals surface area (Å²) in [5, 5.41) is 5.57. The molecule has 20 heavy (non-hydrogen) atoms. The summed E-state index contributed by atoms with van der Waals surface area (Å²) in [6.07, 6.45) is -3.63. The number of anilines is 1. The Morgan fingerprint density at radius 2 is 1.95 bits per heavy atom. The predicted octanol–water partition coefficient (Wildman–Crippen LogP) is 2.67. The molecular formula is C13H18F3N3O. The minimum atomic E-state index is -4.40. The lowest BCUT2D eigenvalue weighted by Gasteiger charge is -2.23. The number of hydrogen-bond acceptors (Lipinski definition) is 3. The number of rotatable bonds is 5. The molecule has 1 rings (SSSR count). The zero-order chi connectivity index (χ0) is 15.4. The summed E-state index contributed by atoms with van der Waals surface area (Å²) in [4.78, 5) is 15.4. The van der Waals surface area contributed by atoms with Gasteiger partial charge in [-0.3, -0.25) is 4.79 Å². The lowest BCUT2D eigenvalue weighted by molar-refractivity contribution is -0.137. The van der Waals surface area contributed by atoms with E-state index in [1.54, 1.807) is 13.8 Å². The van der Waals surface area contributed by atoms with Gasteiger partial charge in [0.15, 0.2) is 0 Å². The second kappa shape index (κ2) is 6.11. The zero-order valence-corrected chi connectivity index (χ0v) is 11.6. The Morgan fingerprint density at radius 1 is 1.30 bits per heavy atom. The molecule has 0 unspecified atom stereocenters. The molecule has 0 radical (unpaired) electrons. The van der Waals surface area contributed by atoms with Gasteiger partial charge in [-0.25, -0.2) is 4.98 Å². The van der Waals surface area contributed by atoms with Gasteiger partial charge in [-0.1, -0.05) is 0 Å². The lowest BCUT2D eigenvalue weighted by Crippen LogP contribution is -2.41. The van der Waals surface area contributed by atoms with Crippen LogP contribution < -0.4 is 10.6 Å². The van der Waals surface area contributed by atoms with E-state index >= 15 is 0 Å². The molecule has 0 aliphatic carbocycles. The summed E-state index contributed by atoms with van der Waals surface area (Å²) >= 11 is 0. The highest BCUT2D eigenvalue weighted by Crippen LogP contribution is 2.29. The number of carbonyl (C=O) groups excluding carboxylic acids is 1. The van der Waals surface area contributed by atoms with Gasteiger partial charge >= 0.3 is 6.18 Å². The molecule has 0 aromatic carbocycles. The molecule has 0 aliphatic heterocycles. The second-order valence-electron chi connectivity index (χ2n) is 5.03. The van der Waals surface area contributed by atoms with E-state index in [1.807, 2.05) is 6.92 Å². The summed E-state index contributed by atoms with van der Waals surface area (Å²) in [6, 6.07) is 2.20. The molecule has 0 saturated carbocycles. The number of carbonyl (C=O) groups is 1. The van der Waals surface area contributed by atoms with E-state index in [-0.39, 0.29) is 12.5 Å². The van der Waals surface area contributed by atoms with Gasteiger partial charge in [-0.05, 0) is 32.9 Å². The fourth-order valence-electron chi connectivity index (χ4n) is 1.46. The Kier molecular flexibility index (Phi) is 4.97. The first-order valence-electron chi connectivity index (χ1n) is 6.22. The van der Waals surface area contributed by atoms with E-state index in [9.17, 15) is 18.0 Å². The van der Waals surface area contributed by atoms with E-state index < -0.39 is 17.2 Å². The standard InChI is InChI=1S/C13H18F3N3O/c1-4-17-11(20)12(2,3)8-19-10-6-5-9(7-18-10)13(14,15)16/h5-7H,4,8H2,1-3H3,(H,17,20)(H,18,19). The lowest BCUT2D eigenvalue weighted by atomic mass is 9.92. The topological polar surface area (TPSA) is 54.0 Å². The van der Waals surface area contributed by atoms with Crippen molar-refractivity contribution in [1.82, 2.24) is 10.3 Å². The van der Waals surface area contributed by atoms with Crippen LogP contribution in [0.15, 0.2) is 18.3 Å². The average Bonchev–Trinajstić information content (AvgIpc) is 2.36. The number of aromatic nitrogens is 1. The van der Waals surface area contributed by atoms with Gasteiger partial charge in [0.2, 0.25) is 5.91 Å². The van der Waals surface area contributed by atoms with Gasteiger partial charge in [-0.2, -0.15) is 13.2 Å². The van der Waals surface area contributed by atoms with Gasteiger partial charge in [0.25, 0.3) is 0 Å². The molecule has 4 nitrogen and oxygen atoms in total. The highest BCUT2D eigenvalue weighted by molar-refractivity contribution is 5.82. The fraction of sp³-hybridized carbons (Fsp3) is 0.538. The van der Waals surface area contributed by atoms with E-state index in [0.29, 0.717) is 12.4 Å². The van der Waals surface area contributed by atoms with Crippen molar-refractivity contribution >= 4 is 11.7 Å². The Balaban J connectivity index is 2.64. The maximum atomic E-state index is 12.4. The molecule has 2 N–H and O–H groups in total. The summed E-state index contributed by atoms with van der Waals surface area (Å²) < 4.78 is 37.1. The number of pyridine rings is 1. The van der Waals surface area contributed by atoms with Gasteiger partial charge in [0.05, 0.1) is 11.0 Å². The van der Waals surface area contributed by atoms with E-state index in [0.717, 1.165) is 12.3 Å². The smallest absolute Gasteiger partial charge is 0.369 e. The number of amides is 1. The van der Waals surface area contributed by atoms with Crippen LogP contribution in [0.4, 0.5) is 19.0 Å². The molecule has 0 spiro atoms. The Hall–Kier alpha value is -1.79. The molecule has 1 aromatic heterocycles. The van der Waals surface area contributed by atoms with Crippen LogP contribution in [0.1, 0.15) is 26.3 Å². The summed E-state index contributed by atoms with van der Waals surface area (Å²) in [5.74, 6) is 0.176. The summed E-state index contributed by atoms with van der Waals surface area (Å²) in [6.45, 7) is 6.11. The van der Waals surface area contributed by atoms with Gasteiger partial charge in [-0.15, -0.1) is 0 Å². The molecule has 1 amide bonds. The van der Waals surface area contributed by atoms with Gasteiger partial charge < -0.3 is 10.6 Å². The van der Waals surface area contributed by atoms with Crippen LogP contribution in [0.3, 0.4) is 0 Å². The van der Waals surface area contributed by atoms with Crippen molar-refractivity contribution in [2.75, 3.05) is 18.4 Å². The van der Waals surface area contributed by atoms with Crippen molar-refractivity contribution in [2.45, 2.75) is 26.9 Å². The first-order chi connectivity index (χ1) is 9.16. The average molecular weight is 289 g/mol. The Morgan fingerprint density at radius 3 is 2.40 bits per heavy atom. The fourth-order valence-corrected chi connectivity index (χ4v) is 1.46. The molecular weight excluding hydrogens is 271 g/mol. The van der Waals surface area contributed by atoms with Crippen LogP contribution in [0.2, 0.25) is 0 Å². The monoisotopic (exact) mass is 289 g/mol. The third-order valence-corrected chi connectivity index (χ3v) is 2.75. The van der Waals surface area contributed by atoms with Crippen LogP contribution in [0.25, 0.3) is 0 Å². The third-order valence-electron chi connectivity index (χ3n) is 2.75. The Bertz CT molecular complexity index is 455. The quantitative estimate of drug-likeness (QED) is 0.876. The first kappa shape index (κ1) is 16.3. The molecule has 0 atom stereocenters. The van der Waals surface area contributed by atoms with Gasteiger partial charge in [0, 0.05) is 19.3 Å². The van der Waals surface area contributed by atoms with Crippen molar-refractivity contribution in [3.05, 3.63) is 23.9 Å². The number of nitrogens with zero attached hydrogens (tertiary/aromatic N) is 1. The highest BCUT2D eigenvalue weighted by atomic mass is 19.4. The number of hydrogen-bond donors (Lipinski definition) is 2. The van der Waals surface area contributed by atoms with Crippen molar-refractivity contribution < 1.29 is 18.0 Å². The van der Waals surface area contributed by atoms with Crippen molar-refractivity contribution in [1.29, 1.82) is 0 Å². The molecule has 0 bridgehead atoms. The second-order valence-corrected chi connectivity index (χ2v) is 5.03. The maximum absolute atomic E-state index is 12.4. The van der Waals surface area contributed by atoms with Crippen LogP contribution >= 0.6 is 0 Å². The first-order valence-corrected chi connectivity index (χ1v) is 6.22. The molecule has 1 aromatic rings. The SMILES string of the molecule is CCNC(=O)C(C)(C)CNc1ccc(C(F)(F)F)cn1. The van der Waals surface area contributed by atoms with Gasteiger partial charge in [0.1, 0.15) is 5.82 Å². The van der Waals surface area contributed by atoms with Crippen molar-refractivity contribution in [3.63, 3.8) is 0 Å².